The first kappa shape index (κ1) is 20.5. The zero-order valence-electron chi connectivity index (χ0n) is 15.4. The zero-order chi connectivity index (χ0) is 20.0. The van der Waals surface area contributed by atoms with Gasteiger partial charge in [-0.25, -0.2) is 4.98 Å². The van der Waals surface area contributed by atoms with E-state index in [0.717, 1.165) is 57.0 Å². The number of hydrogen-bond acceptors (Lipinski definition) is 5. The Hall–Kier alpha value is -2.19. The lowest BCUT2D eigenvalue weighted by molar-refractivity contribution is -0.137. The van der Waals surface area contributed by atoms with Crippen LogP contribution in [0.15, 0.2) is 42.9 Å². The molecule has 1 saturated carbocycles. The molecule has 8 heteroatoms. The third-order valence-corrected chi connectivity index (χ3v) is 4.86. The first-order valence-electron chi connectivity index (χ1n) is 9.35. The van der Waals surface area contributed by atoms with E-state index in [1.165, 1.54) is 17.8 Å². The molecule has 0 unspecified atom stereocenters. The third-order valence-electron chi connectivity index (χ3n) is 4.86. The molecule has 2 aliphatic rings. The van der Waals surface area contributed by atoms with E-state index >= 15 is 0 Å². The fourth-order valence-electron chi connectivity index (χ4n) is 3.21. The van der Waals surface area contributed by atoms with Crippen LogP contribution in [0.3, 0.4) is 0 Å². The molecule has 1 saturated heterocycles. The SMILES string of the molecule is FC(F)(F)c1cccnc1.NC1CC(Oc2ncccc2C2CCOCC2)C1. The van der Waals surface area contributed by atoms with Crippen molar-refractivity contribution >= 4 is 0 Å². The van der Waals surface area contributed by atoms with Crippen molar-refractivity contribution in [3.8, 4) is 5.88 Å². The van der Waals surface area contributed by atoms with Gasteiger partial charge in [0, 0.05) is 43.4 Å². The van der Waals surface area contributed by atoms with Crippen LogP contribution in [0.4, 0.5) is 13.2 Å². The summed E-state index contributed by atoms with van der Waals surface area (Å²) in [7, 11) is 0. The number of alkyl halides is 3. The smallest absolute Gasteiger partial charge is 0.417 e. The van der Waals surface area contributed by atoms with E-state index in [-0.39, 0.29) is 6.10 Å². The summed E-state index contributed by atoms with van der Waals surface area (Å²) in [6.07, 6.45) is 3.90. The monoisotopic (exact) mass is 395 g/mol. The number of halogens is 3. The summed E-state index contributed by atoms with van der Waals surface area (Å²) in [6, 6.07) is 6.67. The van der Waals surface area contributed by atoms with E-state index in [0.29, 0.717) is 12.0 Å². The fourth-order valence-corrected chi connectivity index (χ4v) is 3.21. The highest BCUT2D eigenvalue weighted by atomic mass is 19.4. The van der Waals surface area contributed by atoms with E-state index in [4.69, 9.17) is 15.2 Å². The van der Waals surface area contributed by atoms with Gasteiger partial charge in [-0.2, -0.15) is 13.2 Å². The Morgan fingerprint density at radius 2 is 1.79 bits per heavy atom. The fraction of sp³-hybridized carbons (Fsp3) is 0.500. The van der Waals surface area contributed by atoms with Crippen LogP contribution in [0.1, 0.15) is 42.7 Å². The Morgan fingerprint density at radius 3 is 2.36 bits per heavy atom. The summed E-state index contributed by atoms with van der Waals surface area (Å²) < 4.78 is 46.6. The second kappa shape index (κ2) is 9.34. The maximum atomic E-state index is 11.7. The first-order valence-corrected chi connectivity index (χ1v) is 9.35. The molecule has 28 heavy (non-hydrogen) atoms. The summed E-state index contributed by atoms with van der Waals surface area (Å²) in [5.74, 6) is 1.33. The van der Waals surface area contributed by atoms with Crippen molar-refractivity contribution in [2.45, 2.75) is 49.9 Å². The van der Waals surface area contributed by atoms with Crippen LogP contribution in [0.5, 0.6) is 5.88 Å². The van der Waals surface area contributed by atoms with Crippen molar-refractivity contribution in [3.63, 3.8) is 0 Å². The molecule has 3 heterocycles. The number of hydrogen-bond donors (Lipinski definition) is 1. The third kappa shape index (κ3) is 5.65. The summed E-state index contributed by atoms with van der Waals surface area (Å²) in [6.45, 7) is 1.68. The highest BCUT2D eigenvalue weighted by Crippen LogP contribution is 2.34. The van der Waals surface area contributed by atoms with Gasteiger partial charge in [0.15, 0.2) is 0 Å². The average molecular weight is 395 g/mol. The van der Waals surface area contributed by atoms with Crippen molar-refractivity contribution in [2.75, 3.05) is 13.2 Å². The largest absolute Gasteiger partial charge is 0.474 e. The number of rotatable bonds is 3. The minimum absolute atomic E-state index is 0.258. The molecule has 0 amide bonds. The molecule has 0 spiro atoms. The molecule has 0 bridgehead atoms. The molecule has 1 aliphatic carbocycles. The lowest BCUT2D eigenvalue weighted by atomic mass is 9.89. The van der Waals surface area contributed by atoms with Crippen LogP contribution in [-0.4, -0.2) is 35.3 Å². The second-order valence-electron chi connectivity index (χ2n) is 7.00. The number of aromatic nitrogens is 2. The zero-order valence-corrected chi connectivity index (χ0v) is 15.4. The maximum Gasteiger partial charge on any atom is 0.417 e. The van der Waals surface area contributed by atoms with Crippen molar-refractivity contribution < 1.29 is 22.6 Å². The molecule has 2 N–H and O–H groups in total. The second-order valence-corrected chi connectivity index (χ2v) is 7.00. The van der Waals surface area contributed by atoms with E-state index < -0.39 is 11.7 Å². The molecule has 5 nitrogen and oxygen atoms in total. The molecule has 2 fully saturated rings. The van der Waals surface area contributed by atoms with Crippen molar-refractivity contribution in [1.82, 2.24) is 9.97 Å². The van der Waals surface area contributed by atoms with Crippen LogP contribution in [0.25, 0.3) is 0 Å². The maximum absolute atomic E-state index is 11.7. The van der Waals surface area contributed by atoms with Crippen LogP contribution in [0, 0.1) is 0 Å². The molecular formula is C20H24F3N3O2. The summed E-state index contributed by atoms with van der Waals surface area (Å²) in [5.41, 5.74) is 6.31. The number of ether oxygens (including phenoxy) is 2. The van der Waals surface area contributed by atoms with Gasteiger partial charge in [0.1, 0.15) is 6.10 Å². The van der Waals surface area contributed by atoms with Crippen LogP contribution >= 0.6 is 0 Å². The molecule has 0 atom stereocenters. The minimum atomic E-state index is -4.27. The lowest BCUT2D eigenvalue weighted by Crippen LogP contribution is -2.43. The topological polar surface area (TPSA) is 70.3 Å². The van der Waals surface area contributed by atoms with Gasteiger partial charge in [0.05, 0.1) is 5.56 Å². The molecule has 0 radical (unpaired) electrons. The Labute approximate surface area is 162 Å². The number of nitrogens with two attached hydrogens (primary N) is 1. The molecule has 1 aliphatic heterocycles. The van der Waals surface area contributed by atoms with Crippen molar-refractivity contribution in [1.29, 1.82) is 0 Å². The van der Waals surface area contributed by atoms with E-state index in [2.05, 4.69) is 16.0 Å². The normalized spacial score (nSPS) is 22.6. The summed E-state index contributed by atoms with van der Waals surface area (Å²) in [4.78, 5) is 7.73. The molecule has 0 aromatic carbocycles. The van der Waals surface area contributed by atoms with Gasteiger partial charge < -0.3 is 15.2 Å². The summed E-state index contributed by atoms with van der Waals surface area (Å²) >= 11 is 0. The van der Waals surface area contributed by atoms with E-state index in [1.807, 2.05) is 6.07 Å². The van der Waals surface area contributed by atoms with Crippen molar-refractivity contribution in [3.05, 3.63) is 54.0 Å². The summed E-state index contributed by atoms with van der Waals surface area (Å²) in [5, 5.41) is 0. The molecular weight excluding hydrogens is 371 g/mol. The van der Waals surface area contributed by atoms with Gasteiger partial charge in [-0.15, -0.1) is 0 Å². The minimum Gasteiger partial charge on any atom is -0.474 e. The van der Waals surface area contributed by atoms with Crippen LogP contribution in [-0.2, 0) is 10.9 Å². The predicted octanol–water partition coefficient (Wildman–Crippen LogP) is 3.94. The van der Waals surface area contributed by atoms with Gasteiger partial charge in [-0.1, -0.05) is 6.07 Å². The number of nitrogens with zero attached hydrogens (tertiary/aromatic N) is 2. The van der Waals surface area contributed by atoms with Gasteiger partial charge in [-0.05, 0) is 49.8 Å². The standard InChI is InChI=1S/C14H20N2O2.C6H4F3N/c15-11-8-12(9-11)18-14-13(2-1-5-16-14)10-3-6-17-7-4-10;7-6(8,9)5-2-1-3-10-4-5/h1-2,5,10-12H,3-4,6-9,15H2;1-4H. The quantitative estimate of drug-likeness (QED) is 0.852. The van der Waals surface area contributed by atoms with E-state index in [9.17, 15) is 13.2 Å². The Bertz CT molecular complexity index is 731. The lowest BCUT2D eigenvalue weighted by Gasteiger charge is -2.33. The van der Waals surface area contributed by atoms with Crippen LogP contribution in [0.2, 0.25) is 0 Å². The Balaban J connectivity index is 0.000000192. The first-order chi connectivity index (χ1) is 13.4. The molecule has 2 aromatic rings. The number of pyridine rings is 2. The molecule has 2 aromatic heterocycles. The van der Waals surface area contributed by atoms with Gasteiger partial charge in [0.25, 0.3) is 0 Å². The van der Waals surface area contributed by atoms with Gasteiger partial charge >= 0.3 is 6.18 Å². The van der Waals surface area contributed by atoms with Gasteiger partial charge in [-0.3, -0.25) is 4.98 Å². The highest BCUT2D eigenvalue weighted by Gasteiger charge is 2.30. The Morgan fingerprint density at radius 1 is 1.07 bits per heavy atom. The average Bonchev–Trinajstić information content (AvgIpc) is 2.68. The molecule has 152 valence electrons. The highest BCUT2D eigenvalue weighted by molar-refractivity contribution is 5.30. The molecule has 4 rings (SSSR count). The van der Waals surface area contributed by atoms with Gasteiger partial charge in [0.2, 0.25) is 5.88 Å². The predicted molar refractivity (Wildman–Crippen MR) is 97.9 cm³/mol. The van der Waals surface area contributed by atoms with Crippen molar-refractivity contribution in [2.24, 2.45) is 5.73 Å². The van der Waals surface area contributed by atoms with Crippen LogP contribution < -0.4 is 10.5 Å². The Kier molecular flexibility index (Phi) is 6.85. The van der Waals surface area contributed by atoms with E-state index in [1.54, 1.807) is 6.20 Å².